The van der Waals surface area contributed by atoms with E-state index in [0.717, 1.165) is 61.9 Å². The van der Waals surface area contributed by atoms with E-state index in [4.69, 9.17) is 15.0 Å². The van der Waals surface area contributed by atoms with E-state index in [1.54, 1.807) is 0 Å². The van der Waals surface area contributed by atoms with Gasteiger partial charge in [-0.15, -0.1) is 0 Å². The highest BCUT2D eigenvalue weighted by molar-refractivity contribution is 7.03. The van der Waals surface area contributed by atoms with Crippen LogP contribution in [0.2, 0.25) is 0 Å². The maximum atomic E-state index is 5.53. The van der Waals surface area contributed by atoms with E-state index in [1.165, 1.54) is 114 Å². The van der Waals surface area contributed by atoms with Gasteiger partial charge in [-0.1, -0.05) is 255 Å². The van der Waals surface area contributed by atoms with Crippen molar-refractivity contribution in [2.45, 2.75) is 0 Å². The molecule has 18 aromatic rings. The third-order valence-electron chi connectivity index (χ3n) is 19.7. The Labute approximate surface area is 524 Å². The molecule has 0 aliphatic carbocycles. The van der Waals surface area contributed by atoms with Crippen LogP contribution in [0, 0.1) is 0 Å². The lowest BCUT2D eigenvalue weighted by atomic mass is 9.32. The first-order valence-corrected chi connectivity index (χ1v) is 31.4. The van der Waals surface area contributed by atoms with E-state index < -0.39 is 0 Å². The molecule has 418 valence electrons. The Hall–Kier alpha value is -12.0. The lowest BCUT2D eigenvalue weighted by Crippen LogP contribution is -2.61. The second kappa shape index (κ2) is 19.3. The Bertz CT molecular complexity index is 5630. The van der Waals surface area contributed by atoms with Crippen molar-refractivity contribution in [3.05, 3.63) is 303 Å². The first-order chi connectivity index (χ1) is 45.1. The molecule has 0 fully saturated rings. The van der Waals surface area contributed by atoms with Crippen LogP contribution >= 0.6 is 0 Å². The second-order valence-electron chi connectivity index (χ2n) is 24.5. The van der Waals surface area contributed by atoms with Crippen LogP contribution < -0.4 is 26.2 Å². The molecular weight excluding hydrogens is 1100 g/mol. The average molecular weight is 1150 g/mol. The molecule has 1 aromatic heterocycles. The summed E-state index contributed by atoms with van der Waals surface area (Å²) in [5, 5.41) is 20.1. The van der Waals surface area contributed by atoms with Gasteiger partial charge >= 0.3 is 0 Å². The van der Waals surface area contributed by atoms with Crippen molar-refractivity contribution in [2.75, 3.05) is 9.80 Å². The van der Waals surface area contributed by atoms with Gasteiger partial charge in [-0.3, -0.25) is 0 Å². The van der Waals surface area contributed by atoms with Crippen molar-refractivity contribution in [1.82, 2.24) is 15.0 Å². The fraction of sp³-hybridized carbons (Fsp3) is 0. The van der Waals surface area contributed by atoms with Crippen LogP contribution in [0.1, 0.15) is 0 Å². The zero-order valence-electron chi connectivity index (χ0n) is 49.2. The third kappa shape index (κ3) is 7.33. The molecule has 2 aliphatic rings. The predicted octanol–water partition coefficient (Wildman–Crippen LogP) is 20.4. The molecule has 0 saturated heterocycles. The number of anilines is 6. The first-order valence-electron chi connectivity index (χ1n) is 31.4. The summed E-state index contributed by atoms with van der Waals surface area (Å²) in [5.41, 5.74) is 17.6. The van der Waals surface area contributed by atoms with Gasteiger partial charge in [0.15, 0.2) is 17.5 Å². The lowest BCUT2D eigenvalue weighted by molar-refractivity contribution is 1.07. The molecule has 20 rings (SSSR count). The van der Waals surface area contributed by atoms with Crippen LogP contribution in [0.3, 0.4) is 0 Å². The molecule has 91 heavy (non-hydrogen) atoms. The molecule has 17 aromatic carbocycles. The van der Waals surface area contributed by atoms with Gasteiger partial charge < -0.3 is 9.80 Å². The number of aromatic nitrogens is 3. The monoisotopic (exact) mass is 1150 g/mol. The van der Waals surface area contributed by atoms with Gasteiger partial charge in [0, 0.05) is 50.8 Å². The molecule has 5 nitrogen and oxygen atoms in total. The Kier molecular flexibility index (Phi) is 10.6. The van der Waals surface area contributed by atoms with Crippen molar-refractivity contribution < 1.29 is 0 Å². The largest absolute Gasteiger partial charge is 0.311 e. The fourth-order valence-corrected chi connectivity index (χ4v) is 15.9. The van der Waals surface area contributed by atoms with Crippen LogP contribution in [0.5, 0.6) is 0 Å². The zero-order valence-corrected chi connectivity index (χ0v) is 49.2. The van der Waals surface area contributed by atoms with Crippen LogP contribution in [0.4, 0.5) is 34.1 Å². The maximum absolute atomic E-state index is 5.53. The number of fused-ring (bicyclic) bond motifs is 10. The molecule has 2 aliphatic heterocycles. The van der Waals surface area contributed by atoms with Gasteiger partial charge in [0.1, 0.15) is 0 Å². The first kappa shape index (κ1) is 50.1. The minimum Gasteiger partial charge on any atom is -0.311 e. The topological polar surface area (TPSA) is 45.2 Å². The van der Waals surface area contributed by atoms with Gasteiger partial charge in [-0.25, -0.2) is 15.0 Å². The summed E-state index contributed by atoms with van der Waals surface area (Å²) in [4.78, 5) is 21.5. The quantitative estimate of drug-likeness (QED) is 0.0904. The van der Waals surface area contributed by atoms with Crippen molar-refractivity contribution >= 4 is 143 Å². The van der Waals surface area contributed by atoms with Crippen LogP contribution in [-0.2, 0) is 0 Å². The summed E-state index contributed by atoms with van der Waals surface area (Å²) in [5.74, 6) is 1.80. The van der Waals surface area contributed by atoms with E-state index in [0.29, 0.717) is 17.5 Å². The molecule has 0 radical (unpaired) electrons. The second-order valence-corrected chi connectivity index (χ2v) is 24.5. The lowest BCUT2D eigenvalue weighted by Gasteiger charge is -2.45. The predicted molar refractivity (Wildman–Crippen MR) is 383 cm³/mol. The van der Waals surface area contributed by atoms with Crippen LogP contribution in [0.25, 0.3) is 143 Å². The van der Waals surface area contributed by atoms with E-state index in [1.807, 2.05) is 12.1 Å². The minimum absolute atomic E-state index is 0.267. The SMILES string of the molecule is c1ccc(-c2ccc(N3c4cc(-c5nc(-c6ccccc6)nc(-c6ccccc6)n5)cc5c4B(c4c3cc3c6cccc7cccc(c8cccc4c83)c76)c3c(cc4c6cccc7cccc(c8cccc3c84)c76)N5c3ccc(-c4ccccc4)cc3)cc2)cc1. The summed E-state index contributed by atoms with van der Waals surface area (Å²) < 4.78 is 0. The van der Waals surface area contributed by atoms with Gasteiger partial charge in [0.25, 0.3) is 6.71 Å². The molecule has 0 N–H and O–H groups in total. The Morgan fingerprint density at radius 2 is 0.505 bits per heavy atom. The average Bonchev–Trinajstić information content (AvgIpc) is 0.743. The molecule has 0 spiro atoms. The smallest absolute Gasteiger partial charge is 0.253 e. The number of benzene rings is 17. The van der Waals surface area contributed by atoms with Gasteiger partial charge in [0.2, 0.25) is 0 Å². The standard InChI is InChI=1S/C85H50BN5/c1-5-19-51(20-6-1)53-39-43-60(44-40-53)90-72-47-59(85-88-83(57-23-9-3-10-24-57)87-84(89-85)58-25-11-4-12-26-58)48-73-82(72)86(80-68-37-17-35-64-62-31-13-27-55-29-15-33-66(76(55)62)70(78(64)68)49-74(80)90)81-69-38-18-36-65-63-32-14-28-56-30-16-34-67(77(56)63)71(79(65)69)50-75(81)91(73)61-45-41-54(42-46-61)52-21-7-2-8-22-52/h1-50H. The molecule has 6 heteroatoms. The minimum atomic E-state index is -0.267. The normalized spacial score (nSPS) is 12.8. The van der Waals surface area contributed by atoms with E-state index >= 15 is 0 Å². The van der Waals surface area contributed by atoms with Gasteiger partial charge in [-0.2, -0.15) is 0 Å². The summed E-state index contributed by atoms with van der Waals surface area (Å²) in [6.07, 6.45) is 0. The highest BCUT2D eigenvalue weighted by atomic mass is 15.2. The fourth-order valence-electron chi connectivity index (χ4n) is 15.9. The molecule has 0 atom stereocenters. The number of nitrogens with zero attached hydrogens (tertiary/aromatic N) is 5. The summed E-state index contributed by atoms with van der Waals surface area (Å²) in [6.45, 7) is -0.267. The Morgan fingerprint density at radius 3 is 0.890 bits per heavy atom. The Morgan fingerprint density at radius 1 is 0.209 bits per heavy atom. The van der Waals surface area contributed by atoms with E-state index in [2.05, 4.69) is 301 Å². The molecule has 0 unspecified atom stereocenters. The number of hydrogen-bond acceptors (Lipinski definition) is 5. The van der Waals surface area contributed by atoms with Crippen molar-refractivity contribution in [3.8, 4) is 56.4 Å². The van der Waals surface area contributed by atoms with Crippen molar-refractivity contribution in [1.29, 1.82) is 0 Å². The van der Waals surface area contributed by atoms with Crippen LogP contribution in [-0.4, -0.2) is 21.7 Å². The summed E-state index contributed by atoms with van der Waals surface area (Å²) in [6, 6.07) is 112. The third-order valence-corrected chi connectivity index (χ3v) is 19.7. The van der Waals surface area contributed by atoms with Crippen molar-refractivity contribution in [3.63, 3.8) is 0 Å². The summed E-state index contributed by atoms with van der Waals surface area (Å²) in [7, 11) is 0. The highest BCUT2D eigenvalue weighted by Crippen LogP contribution is 2.52. The molecule has 3 heterocycles. The van der Waals surface area contributed by atoms with Gasteiger partial charge in [-0.05, 0) is 173 Å². The highest BCUT2D eigenvalue weighted by Gasteiger charge is 2.46. The van der Waals surface area contributed by atoms with Crippen LogP contribution in [0.15, 0.2) is 303 Å². The number of rotatable bonds is 7. The van der Waals surface area contributed by atoms with Gasteiger partial charge in [0.05, 0.1) is 0 Å². The molecule has 0 saturated carbocycles. The number of hydrogen-bond donors (Lipinski definition) is 0. The van der Waals surface area contributed by atoms with E-state index in [-0.39, 0.29) is 6.71 Å². The molecule has 0 amide bonds. The molecular formula is C85H50BN5. The zero-order chi connectivity index (χ0) is 59.4. The summed E-state index contributed by atoms with van der Waals surface area (Å²) >= 11 is 0. The maximum Gasteiger partial charge on any atom is 0.253 e. The molecule has 0 bridgehead atoms. The van der Waals surface area contributed by atoms with E-state index in [9.17, 15) is 0 Å². The van der Waals surface area contributed by atoms with Crippen molar-refractivity contribution in [2.24, 2.45) is 0 Å². The Balaban J connectivity index is 0.975.